The van der Waals surface area contributed by atoms with Crippen molar-refractivity contribution in [1.82, 2.24) is 19.8 Å². The van der Waals surface area contributed by atoms with Gasteiger partial charge in [0.2, 0.25) is 0 Å². The highest BCUT2D eigenvalue weighted by Gasteiger charge is 2.57. The monoisotopic (exact) mass is 380 g/mol. The first-order chi connectivity index (χ1) is 13.3. The maximum Gasteiger partial charge on any atom is 0.320 e. The highest BCUT2D eigenvalue weighted by Crippen LogP contribution is 2.57. The lowest BCUT2D eigenvalue weighted by Crippen LogP contribution is -2.66. The van der Waals surface area contributed by atoms with E-state index in [0.29, 0.717) is 25.3 Å². The number of H-pyrrole nitrogens is 1. The number of aromatic hydroxyl groups is 1. The zero-order valence-corrected chi connectivity index (χ0v) is 16.8. The summed E-state index contributed by atoms with van der Waals surface area (Å²) in [7, 11) is 0. The molecule has 2 bridgehead atoms. The average Bonchev–Trinajstić information content (AvgIpc) is 3.12. The molecule has 1 saturated heterocycles. The molecule has 2 atom stereocenters. The summed E-state index contributed by atoms with van der Waals surface area (Å²) >= 11 is 0. The molecule has 0 unspecified atom stereocenters. The van der Waals surface area contributed by atoms with Crippen molar-refractivity contribution >= 4 is 6.03 Å². The van der Waals surface area contributed by atoms with Gasteiger partial charge in [-0.1, -0.05) is 32.9 Å². The largest absolute Gasteiger partial charge is 0.508 e. The van der Waals surface area contributed by atoms with Crippen LogP contribution in [0.15, 0.2) is 24.5 Å². The van der Waals surface area contributed by atoms with Crippen molar-refractivity contribution in [3.05, 3.63) is 47.0 Å². The smallest absolute Gasteiger partial charge is 0.320 e. The SMILES string of the molecule is CC1(C)[C@H]2Cc3c(O)cccc3[C@]1(C)CCN2C(=O)N1CCc2nc[nH]c2C1. The number of nitrogens with zero attached hydrogens (tertiary/aromatic N) is 3. The molecule has 148 valence electrons. The van der Waals surface area contributed by atoms with Gasteiger partial charge in [0, 0.05) is 31.0 Å². The molecule has 0 spiro atoms. The van der Waals surface area contributed by atoms with E-state index in [9.17, 15) is 9.90 Å². The fourth-order valence-electron chi connectivity index (χ4n) is 5.71. The number of nitrogens with one attached hydrogen (secondary N) is 1. The molecule has 5 rings (SSSR count). The molecule has 0 saturated carbocycles. The van der Waals surface area contributed by atoms with Gasteiger partial charge in [0.15, 0.2) is 0 Å². The Bertz CT molecular complexity index is 950. The van der Waals surface area contributed by atoms with Crippen LogP contribution in [0.5, 0.6) is 5.75 Å². The van der Waals surface area contributed by atoms with E-state index >= 15 is 0 Å². The summed E-state index contributed by atoms with van der Waals surface area (Å²) in [5, 5.41) is 10.5. The molecule has 1 aliphatic carbocycles. The highest BCUT2D eigenvalue weighted by molar-refractivity contribution is 5.76. The summed E-state index contributed by atoms with van der Waals surface area (Å²) in [6.45, 7) is 8.93. The van der Waals surface area contributed by atoms with Crippen molar-refractivity contribution < 1.29 is 9.90 Å². The molecule has 28 heavy (non-hydrogen) atoms. The van der Waals surface area contributed by atoms with E-state index in [-0.39, 0.29) is 22.9 Å². The summed E-state index contributed by atoms with van der Waals surface area (Å²) in [4.78, 5) is 25.1. The first kappa shape index (κ1) is 17.6. The van der Waals surface area contributed by atoms with Crippen LogP contribution in [-0.2, 0) is 24.8 Å². The van der Waals surface area contributed by atoms with Crippen molar-refractivity contribution in [2.24, 2.45) is 5.41 Å². The number of carbonyl (C=O) groups is 1. The number of hydrogen-bond donors (Lipinski definition) is 2. The third-order valence-corrected chi connectivity index (χ3v) is 7.92. The van der Waals surface area contributed by atoms with Gasteiger partial charge < -0.3 is 19.9 Å². The van der Waals surface area contributed by atoms with Gasteiger partial charge in [-0.2, -0.15) is 0 Å². The Hall–Kier alpha value is -2.50. The minimum absolute atomic E-state index is 0.0563. The number of phenolic OH excluding ortho intramolecular Hbond substituents is 1. The number of hydrogen-bond acceptors (Lipinski definition) is 3. The van der Waals surface area contributed by atoms with Gasteiger partial charge in [-0.25, -0.2) is 9.78 Å². The van der Waals surface area contributed by atoms with Gasteiger partial charge in [0.05, 0.1) is 24.3 Å². The minimum atomic E-state index is -0.0728. The average molecular weight is 380 g/mol. The second-order valence-corrected chi connectivity index (χ2v) is 9.30. The molecular weight excluding hydrogens is 352 g/mol. The Morgan fingerprint density at radius 3 is 2.93 bits per heavy atom. The number of rotatable bonds is 0. The van der Waals surface area contributed by atoms with Crippen molar-refractivity contribution in [2.75, 3.05) is 13.1 Å². The summed E-state index contributed by atoms with van der Waals surface area (Å²) < 4.78 is 0. The van der Waals surface area contributed by atoms with Crippen LogP contribution in [0.1, 0.15) is 49.7 Å². The van der Waals surface area contributed by atoms with Gasteiger partial charge in [-0.05, 0) is 35.4 Å². The van der Waals surface area contributed by atoms with Crippen molar-refractivity contribution in [3.63, 3.8) is 0 Å². The topological polar surface area (TPSA) is 72.5 Å². The molecule has 1 fully saturated rings. The zero-order valence-electron chi connectivity index (χ0n) is 16.8. The molecule has 2 aromatic rings. The number of aromatic amines is 1. The molecule has 1 aromatic carbocycles. The number of urea groups is 1. The summed E-state index contributed by atoms with van der Waals surface area (Å²) in [6.07, 6.45) is 4.13. The van der Waals surface area contributed by atoms with Gasteiger partial charge in [-0.15, -0.1) is 0 Å². The summed E-state index contributed by atoms with van der Waals surface area (Å²) in [6, 6.07) is 6.06. The zero-order chi connectivity index (χ0) is 19.7. The number of fused-ring (bicyclic) bond motifs is 5. The molecule has 1 aromatic heterocycles. The lowest BCUT2D eigenvalue weighted by molar-refractivity contribution is -0.0246. The first-order valence-electron chi connectivity index (χ1n) is 10.2. The number of benzene rings is 1. The number of imidazole rings is 1. The van der Waals surface area contributed by atoms with Crippen LogP contribution < -0.4 is 0 Å². The van der Waals surface area contributed by atoms with Crippen LogP contribution in [0, 0.1) is 5.41 Å². The molecule has 6 heteroatoms. The predicted octanol–water partition coefficient (Wildman–Crippen LogP) is 3.21. The Kier molecular flexibility index (Phi) is 3.61. The Morgan fingerprint density at radius 2 is 2.11 bits per heavy atom. The minimum Gasteiger partial charge on any atom is -0.508 e. The lowest BCUT2D eigenvalue weighted by atomic mass is 9.51. The Labute approximate surface area is 165 Å². The van der Waals surface area contributed by atoms with Gasteiger partial charge >= 0.3 is 6.03 Å². The van der Waals surface area contributed by atoms with E-state index in [1.807, 2.05) is 11.0 Å². The van der Waals surface area contributed by atoms with Crippen LogP contribution in [-0.4, -0.2) is 50.0 Å². The van der Waals surface area contributed by atoms with Crippen LogP contribution in [0.25, 0.3) is 0 Å². The second-order valence-electron chi connectivity index (χ2n) is 9.30. The number of phenols is 1. The first-order valence-corrected chi connectivity index (χ1v) is 10.2. The predicted molar refractivity (Wildman–Crippen MR) is 106 cm³/mol. The molecular formula is C22H28N4O2. The van der Waals surface area contributed by atoms with Crippen LogP contribution >= 0.6 is 0 Å². The highest BCUT2D eigenvalue weighted by atomic mass is 16.3. The summed E-state index contributed by atoms with van der Waals surface area (Å²) in [5.41, 5.74) is 4.26. The fraction of sp³-hybridized carbons (Fsp3) is 0.545. The third-order valence-electron chi connectivity index (χ3n) is 7.92. The van der Waals surface area contributed by atoms with E-state index in [1.54, 1.807) is 12.4 Å². The van der Waals surface area contributed by atoms with Crippen molar-refractivity contribution in [3.8, 4) is 5.75 Å². The van der Waals surface area contributed by atoms with Crippen molar-refractivity contribution in [2.45, 2.75) is 58.0 Å². The fourth-order valence-corrected chi connectivity index (χ4v) is 5.71. The molecule has 3 heterocycles. The van der Waals surface area contributed by atoms with E-state index in [2.05, 4.69) is 41.7 Å². The number of aromatic nitrogens is 2. The quantitative estimate of drug-likeness (QED) is 0.737. The van der Waals surface area contributed by atoms with E-state index in [0.717, 1.165) is 36.3 Å². The van der Waals surface area contributed by atoms with Crippen LogP contribution in [0.2, 0.25) is 0 Å². The van der Waals surface area contributed by atoms with E-state index < -0.39 is 0 Å². The van der Waals surface area contributed by atoms with Crippen LogP contribution in [0.4, 0.5) is 4.79 Å². The van der Waals surface area contributed by atoms with E-state index in [1.165, 1.54) is 5.56 Å². The Morgan fingerprint density at radius 1 is 1.29 bits per heavy atom. The molecule has 2 amide bonds. The van der Waals surface area contributed by atoms with Gasteiger partial charge in [0.25, 0.3) is 0 Å². The maximum atomic E-state index is 13.5. The molecule has 2 aliphatic heterocycles. The molecule has 6 nitrogen and oxygen atoms in total. The maximum absolute atomic E-state index is 13.5. The lowest BCUT2D eigenvalue weighted by Gasteiger charge is -2.61. The number of amides is 2. The molecule has 3 aliphatic rings. The van der Waals surface area contributed by atoms with Crippen molar-refractivity contribution in [1.29, 1.82) is 0 Å². The Balaban J connectivity index is 1.49. The standard InChI is InChI=1S/C22H28N4O2/c1-21(2)19-11-14-15(5-4-6-18(14)27)22(21,3)8-10-26(19)20(28)25-9-7-16-17(12-25)24-13-23-16/h4-6,13,19,27H,7-12H2,1-3H3,(H,23,24)/t19-,22+/m1/s1. The number of likely N-dealkylation sites (tertiary alicyclic amines) is 1. The number of piperidine rings is 1. The number of carbonyl (C=O) groups excluding carboxylic acids is 1. The second kappa shape index (κ2) is 5.75. The van der Waals surface area contributed by atoms with E-state index in [4.69, 9.17) is 0 Å². The molecule has 0 radical (unpaired) electrons. The van der Waals surface area contributed by atoms with Gasteiger partial charge in [0.1, 0.15) is 5.75 Å². The molecule has 2 N–H and O–H groups in total. The third kappa shape index (κ3) is 2.20. The summed E-state index contributed by atoms with van der Waals surface area (Å²) in [5.74, 6) is 0.360. The normalized spacial score (nSPS) is 27.9. The van der Waals surface area contributed by atoms with Gasteiger partial charge in [-0.3, -0.25) is 0 Å². The van der Waals surface area contributed by atoms with Crippen LogP contribution in [0.3, 0.4) is 0 Å².